The van der Waals surface area contributed by atoms with Crippen molar-refractivity contribution in [1.29, 1.82) is 0 Å². The highest BCUT2D eigenvalue weighted by molar-refractivity contribution is 5.66. The highest BCUT2D eigenvalue weighted by atomic mass is 19.1. The Labute approximate surface area is 72.1 Å². The van der Waals surface area contributed by atoms with Gasteiger partial charge in [-0.2, -0.15) is 0 Å². The number of para-hydroxylation sites is 1. The predicted molar refractivity (Wildman–Crippen MR) is 50.8 cm³/mol. The number of benzene rings is 1. The van der Waals surface area contributed by atoms with Gasteiger partial charge in [0.05, 0.1) is 5.69 Å². The molecule has 0 spiro atoms. The van der Waals surface area contributed by atoms with E-state index in [9.17, 15) is 4.39 Å². The quantitative estimate of drug-likeness (QED) is 0.651. The third-order valence-electron chi connectivity index (χ3n) is 1.69. The second-order valence-electron chi connectivity index (χ2n) is 2.78. The molecule has 12 heavy (non-hydrogen) atoms. The van der Waals surface area contributed by atoms with Gasteiger partial charge in [-0.3, -0.25) is 0 Å². The summed E-state index contributed by atoms with van der Waals surface area (Å²) < 4.78 is 13.2. The normalized spacial score (nSPS) is 9.58. The molecule has 0 fully saturated rings. The molecule has 0 saturated heterocycles. The number of rotatable bonds is 2. The molecule has 0 aromatic heterocycles. The minimum Gasteiger partial charge on any atom is -0.375 e. The monoisotopic (exact) mass is 165 g/mol. The highest BCUT2D eigenvalue weighted by Crippen LogP contribution is 2.22. The molecule has 1 aromatic carbocycles. The van der Waals surface area contributed by atoms with Gasteiger partial charge in [-0.25, -0.2) is 4.39 Å². The van der Waals surface area contributed by atoms with Crippen LogP contribution in [0.4, 0.5) is 10.1 Å². The van der Waals surface area contributed by atoms with Gasteiger partial charge < -0.3 is 4.90 Å². The summed E-state index contributed by atoms with van der Waals surface area (Å²) in [5.74, 6) is -0.211. The van der Waals surface area contributed by atoms with Gasteiger partial charge in [-0.05, 0) is 6.07 Å². The Morgan fingerprint density at radius 3 is 2.50 bits per heavy atom. The molecule has 0 aliphatic rings. The number of hydrogen-bond acceptors (Lipinski definition) is 1. The van der Waals surface area contributed by atoms with E-state index in [0.717, 1.165) is 5.56 Å². The lowest BCUT2D eigenvalue weighted by Gasteiger charge is -2.15. The topological polar surface area (TPSA) is 3.24 Å². The van der Waals surface area contributed by atoms with Crippen LogP contribution in [0.15, 0.2) is 24.8 Å². The molecule has 0 radical (unpaired) electrons. The maximum Gasteiger partial charge on any atom is 0.147 e. The molecule has 1 nitrogen and oxygen atoms in total. The van der Waals surface area contributed by atoms with Crippen LogP contribution >= 0.6 is 0 Å². The Balaban J connectivity index is 3.29. The molecule has 0 aliphatic carbocycles. The van der Waals surface area contributed by atoms with Crippen molar-refractivity contribution < 1.29 is 4.39 Å². The van der Waals surface area contributed by atoms with Crippen LogP contribution in [0.2, 0.25) is 0 Å². The minimum absolute atomic E-state index is 0.211. The van der Waals surface area contributed by atoms with Gasteiger partial charge in [0.15, 0.2) is 0 Å². The maximum atomic E-state index is 13.2. The standard InChI is InChI=1S/C10H12FN/c1-4-8-6-5-7-9(11)10(8)12(2)3/h4-7H,1H2,2-3H3. The fourth-order valence-corrected chi connectivity index (χ4v) is 1.17. The molecule has 64 valence electrons. The molecule has 2 heteroatoms. The minimum atomic E-state index is -0.211. The van der Waals surface area contributed by atoms with Crippen molar-refractivity contribution in [2.45, 2.75) is 0 Å². The lowest BCUT2D eigenvalue weighted by Crippen LogP contribution is -2.12. The lowest BCUT2D eigenvalue weighted by molar-refractivity contribution is 0.626. The Kier molecular flexibility index (Phi) is 2.48. The molecule has 1 rings (SSSR count). The van der Waals surface area contributed by atoms with Crippen LogP contribution < -0.4 is 4.90 Å². The molecule has 0 atom stereocenters. The van der Waals surface area contributed by atoms with Crippen LogP contribution in [0.3, 0.4) is 0 Å². The van der Waals surface area contributed by atoms with Gasteiger partial charge in [-0.15, -0.1) is 0 Å². The summed E-state index contributed by atoms with van der Waals surface area (Å²) in [6, 6.07) is 4.97. The van der Waals surface area contributed by atoms with Gasteiger partial charge in [-0.1, -0.05) is 24.8 Å². The van der Waals surface area contributed by atoms with Crippen LogP contribution in [0.25, 0.3) is 6.08 Å². The third-order valence-corrected chi connectivity index (χ3v) is 1.69. The number of halogens is 1. The first-order chi connectivity index (χ1) is 5.66. The van der Waals surface area contributed by atoms with Gasteiger partial charge in [0.1, 0.15) is 5.82 Å². The Morgan fingerprint density at radius 1 is 1.42 bits per heavy atom. The third kappa shape index (κ3) is 1.47. The van der Waals surface area contributed by atoms with Crippen molar-refractivity contribution in [2.24, 2.45) is 0 Å². The number of nitrogens with zero attached hydrogens (tertiary/aromatic N) is 1. The van der Waals surface area contributed by atoms with Crippen molar-refractivity contribution in [1.82, 2.24) is 0 Å². The van der Waals surface area contributed by atoms with E-state index in [1.807, 2.05) is 20.2 Å². The van der Waals surface area contributed by atoms with E-state index in [0.29, 0.717) is 5.69 Å². The zero-order valence-electron chi connectivity index (χ0n) is 7.34. The van der Waals surface area contributed by atoms with Crippen molar-refractivity contribution in [2.75, 3.05) is 19.0 Å². The van der Waals surface area contributed by atoms with E-state index < -0.39 is 0 Å². The molecule has 0 amide bonds. The summed E-state index contributed by atoms with van der Waals surface area (Å²) in [6.45, 7) is 3.62. The first-order valence-corrected chi connectivity index (χ1v) is 3.75. The molecule has 1 aromatic rings. The summed E-state index contributed by atoms with van der Waals surface area (Å²) in [4.78, 5) is 1.74. The van der Waals surface area contributed by atoms with Crippen LogP contribution in [0.5, 0.6) is 0 Å². The van der Waals surface area contributed by atoms with Gasteiger partial charge >= 0.3 is 0 Å². The van der Waals surface area contributed by atoms with Gasteiger partial charge in [0, 0.05) is 19.7 Å². The van der Waals surface area contributed by atoms with Gasteiger partial charge in [0.25, 0.3) is 0 Å². The van der Waals surface area contributed by atoms with Crippen LogP contribution in [-0.2, 0) is 0 Å². The van der Waals surface area contributed by atoms with E-state index in [4.69, 9.17) is 0 Å². The molecule has 0 bridgehead atoms. The summed E-state index contributed by atoms with van der Waals surface area (Å²) in [5, 5.41) is 0. The maximum absolute atomic E-state index is 13.2. The van der Waals surface area contributed by atoms with Crippen LogP contribution in [0, 0.1) is 5.82 Å². The molecule has 0 aliphatic heterocycles. The second-order valence-corrected chi connectivity index (χ2v) is 2.78. The lowest BCUT2D eigenvalue weighted by atomic mass is 10.1. The average Bonchev–Trinajstić information content (AvgIpc) is 2.03. The van der Waals surface area contributed by atoms with Crippen molar-refractivity contribution in [3.05, 3.63) is 36.2 Å². The molecular formula is C10H12FN. The van der Waals surface area contributed by atoms with Crippen LogP contribution in [-0.4, -0.2) is 14.1 Å². The first kappa shape index (κ1) is 8.78. The van der Waals surface area contributed by atoms with E-state index in [1.54, 1.807) is 17.0 Å². The Bertz CT molecular complexity index is 292. The molecular weight excluding hydrogens is 153 g/mol. The molecule has 0 saturated carbocycles. The average molecular weight is 165 g/mol. The molecule has 0 N–H and O–H groups in total. The predicted octanol–water partition coefficient (Wildman–Crippen LogP) is 2.53. The number of anilines is 1. The van der Waals surface area contributed by atoms with E-state index >= 15 is 0 Å². The zero-order chi connectivity index (χ0) is 9.14. The SMILES string of the molecule is C=Cc1cccc(F)c1N(C)C. The fourth-order valence-electron chi connectivity index (χ4n) is 1.17. The first-order valence-electron chi connectivity index (χ1n) is 3.75. The summed E-state index contributed by atoms with van der Waals surface area (Å²) in [6.07, 6.45) is 1.65. The Morgan fingerprint density at radius 2 is 2.08 bits per heavy atom. The largest absolute Gasteiger partial charge is 0.375 e. The van der Waals surface area contributed by atoms with E-state index in [-0.39, 0.29) is 5.82 Å². The van der Waals surface area contributed by atoms with Crippen molar-refractivity contribution >= 4 is 11.8 Å². The molecule has 0 heterocycles. The van der Waals surface area contributed by atoms with Crippen LogP contribution in [0.1, 0.15) is 5.56 Å². The van der Waals surface area contributed by atoms with Crippen molar-refractivity contribution in [3.8, 4) is 0 Å². The second kappa shape index (κ2) is 3.39. The number of hydrogen-bond donors (Lipinski definition) is 0. The summed E-state index contributed by atoms with van der Waals surface area (Å²) >= 11 is 0. The van der Waals surface area contributed by atoms with Crippen molar-refractivity contribution in [3.63, 3.8) is 0 Å². The smallest absolute Gasteiger partial charge is 0.147 e. The Hall–Kier alpha value is -1.31. The summed E-state index contributed by atoms with van der Waals surface area (Å²) in [7, 11) is 3.62. The van der Waals surface area contributed by atoms with Gasteiger partial charge in [0.2, 0.25) is 0 Å². The van der Waals surface area contributed by atoms with E-state index in [1.165, 1.54) is 6.07 Å². The zero-order valence-corrected chi connectivity index (χ0v) is 7.34. The summed E-state index contributed by atoms with van der Waals surface area (Å²) in [5.41, 5.74) is 1.41. The van der Waals surface area contributed by atoms with E-state index in [2.05, 4.69) is 6.58 Å². The fraction of sp³-hybridized carbons (Fsp3) is 0.200. The highest BCUT2D eigenvalue weighted by Gasteiger charge is 2.06. The molecule has 0 unspecified atom stereocenters.